The van der Waals surface area contributed by atoms with Gasteiger partial charge in [0, 0.05) is 42.9 Å². The van der Waals surface area contributed by atoms with Crippen LogP contribution in [0.4, 0.5) is 0 Å². The van der Waals surface area contributed by atoms with Crippen molar-refractivity contribution >= 4 is 17.7 Å². The number of ketones is 1. The molecular formula is C47H78N2O6. The maximum Gasteiger partial charge on any atom is 0.309 e. The highest BCUT2D eigenvalue weighted by molar-refractivity contribution is 6.00. The number of carboxylic acids is 1. The Hall–Kier alpha value is -1.77. The Labute approximate surface area is 334 Å². The van der Waals surface area contributed by atoms with Crippen molar-refractivity contribution in [1.82, 2.24) is 9.80 Å². The summed E-state index contributed by atoms with van der Waals surface area (Å²) < 4.78 is 6.20. The van der Waals surface area contributed by atoms with Crippen LogP contribution in [0.25, 0.3) is 0 Å². The summed E-state index contributed by atoms with van der Waals surface area (Å²) in [5, 5.41) is 22.4. The highest BCUT2D eigenvalue weighted by Crippen LogP contribution is 2.77. The average Bonchev–Trinajstić information content (AvgIpc) is 3.41. The molecule has 2 N–H and O–H groups in total. The molecule has 312 valence electrons. The van der Waals surface area contributed by atoms with Gasteiger partial charge < -0.3 is 19.8 Å². The molecule has 5 fully saturated rings. The van der Waals surface area contributed by atoms with Gasteiger partial charge in [-0.2, -0.15) is 0 Å². The van der Waals surface area contributed by atoms with Gasteiger partial charge in [-0.1, -0.05) is 73.3 Å². The van der Waals surface area contributed by atoms with Gasteiger partial charge in [-0.25, -0.2) is 0 Å². The third-order valence-electron chi connectivity index (χ3n) is 17.8. The van der Waals surface area contributed by atoms with E-state index >= 15 is 0 Å². The van der Waals surface area contributed by atoms with E-state index in [1.54, 1.807) is 13.8 Å². The van der Waals surface area contributed by atoms with E-state index in [4.69, 9.17) is 4.74 Å². The second-order valence-electron chi connectivity index (χ2n) is 22.2. The summed E-state index contributed by atoms with van der Waals surface area (Å²) in [7, 11) is 4.28. The van der Waals surface area contributed by atoms with Gasteiger partial charge in [-0.05, 0) is 138 Å². The van der Waals surface area contributed by atoms with Crippen LogP contribution < -0.4 is 0 Å². The van der Waals surface area contributed by atoms with E-state index < -0.39 is 28.9 Å². The largest absolute Gasteiger partial charge is 0.481 e. The lowest BCUT2D eigenvalue weighted by Crippen LogP contribution is -2.66. The van der Waals surface area contributed by atoms with E-state index in [2.05, 4.69) is 72.4 Å². The molecule has 5 saturated carbocycles. The predicted molar refractivity (Wildman–Crippen MR) is 218 cm³/mol. The maximum absolute atomic E-state index is 14.3. The summed E-state index contributed by atoms with van der Waals surface area (Å²) >= 11 is 0. The number of carbonyl (C=O) groups excluding carboxylic acids is 2. The summed E-state index contributed by atoms with van der Waals surface area (Å²) in [5.74, 6) is 0.214. The van der Waals surface area contributed by atoms with E-state index in [1.807, 2.05) is 0 Å². The van der Waals surface area contributed by atoms with Crippen molar-refractivity contribution < 1.29 is 29.3 Å². The molecule has 6 aliphatic rings. The second kappa shape index (κ2) is 15.1. The molecule has 0 radical (unpaired) electrons. The van der Waals surface area contributed by atoms with Crippen molar-refractivity contribution in [1.29, 1.82) is 0 Å². The number of ether oxygens (including phenoxy) is 1. The van der Waals surface area contributed by atoms with E-state index in [-0.39, 0.29) is 51.8 Å². The molecule has 6 aliphatic carbocycles. The van der Waals surface area contributed by atoms with Gasteiger partial charge in [0.25, 0.3) is 0 Å². The van der Waals surface area contributed by atoms with Gasteiger partial charge in [-0.3, -0.25) is 19.3 Å². The van der Waals surface area contributed by atoms with Crippen molar-refractivity contribution in [3.8, 4) is 0 Å². The number of carbonyl (C=O) groups is 3. The normalized spacial score (nSPS) is 38.4. The van der Waals surface area contributed by atoms with E-state index in [0.29, 0.717) is 30.8 Å². The predicted octanol–water partition coefficient (Wildman–Crippen LogP) is 8.94. The van der Waals surface area contributed by atoms with E-state index in [1.165, 1.54) is 37.7 Å². The van der Waals surface area contributed by atoms with Gasteiger partial charge in [0.2, 0.25) is 0 Å². The van der Waals surface area contributed by atoms with Crippen molar-refractivity contribution in [3.63, 3.8) is 0 Å². The molecule has 8 nitrogen and oxygen atoms in total. The first-order chi connectivity index (χ1) is 25.5. The molecule has 0 unspecified atom stereocenters. The molecule has 9 atom stereocenters. The smallest absolute Gasteiger partial charge is 0.309 e. The Kier molecular flexibility index (Phi) is 11.8. The lowest BCUT2D eigenvalue weighted by atomic mass is 9.33. The van der Waals surface area contributed by atoms with Gasteiger partial charge in [0.1, 0.15) is 6.10 Å². The Bertz CT molecular complexity index is 1510. The van der Waals surface area contributed by atoms with Crippen LogP contribution in [0.1, 0.15) is 159 Å². The lowest BCUT2D eigenvalue weighted by Gasteiger charge is -2.72. The van der Waals surface area contributed by atoms with Gasteiger partial charge in [0.05, 0.1) is 17.9 Å². The molecule has 0 aromatic rings. The van der Waals surface area contributed by atoms with Crippen molar-refractivity contribution in [2.24, 2.45) is 56.2 Å². The monoisotopic (exact) mass is 767 g/mol. The number of fused-ring (bicyclic) bond motifs is 7. The third kappa shape index (κ3) is 7.10. The SMILES string of the molecule is CC(C)C1=C2[C@H]3CC[C@@H]4[C@@]5(C)CC[C@H](OC(=O)CC(C)(C)C(=O)O)C(C)(C)[C@@H]5CC[C@@]4(C)[C@]3(C)CC[C@@]2([C@H](O)CN(CCN(C)C)C2CCCCC2)CC1=O. The van der Waals surface area contributed by atoms with Crippen molar-refractivity contribution in [2.75, 3.05) is 33.7 Å². The number of hydrogen-bond donors (Lipinski definition) is 2. The molecule has 0 spiro atoms. The van der Waals surface area contributed by atoms with E-state index in [9.17, 15) is 24.6 Å². The van der Waals surface area contributed by atoms with Crippen LogP contribution in [0.3, 0.4) is 0 Å². The summed E-state index contributed by atoms with van der Waals surface area (Å²) in [6.45, 7) is 22.5. The third-order valence-corrected chi connectivity index (χ3v) is 17.8. The molecule has 8 heteroatoms. The lowest BCUT2D eigenvalue weighted by molar-refractivity contribution is -0.235. The highest BCUT2D eigenvalue weighted by Gasteiger charge is 2.71. The first-order valence-electron chi connectivity index (χ1n) is 22.3. The molecule has 0 heterocycles. The highest BCUT2D eigenvalue weighted by atomic mass is 16.5. The van der Waals surface area contributed by atoms with Gasteiger partial charge in [0.15, 0.2) is 5.78 Å². The average molecular weight is 767 g/mol. The number of carboxylic acid groups (broad SMARTS) is 1. The number of aliphatic hydroxyl groups is 1. The second-order valence-corrected chi connectivity index (χ2v) is 22.2. The fourth-order valence-electron chi connectivity index (χ4n) is 14.5. The van der Waals surface area contributed by atoms with Crippen LogP contribution in [-0.2, 0) is 19.1 Å². The van der Waals surface area contributed by atoms with Crippen LogP contribution in [0.15, 0.2) is 11.1 Å². The fourth-order valence-corrected chi connectivity index (χ4v) is 14.5. The number of nitrogens with zero attached hydrogens (tertiary/aromatic N) is 2. The first kappa shape index (κ1) is 42.8. The summed E-state index contributed by atoms with van der Waals surface area (Å²) in [6.07, 6.45) is 13.8. The maximum atomic E-state index is 14.3. The van der Waals surface area contributed by atoms with Crippen LogP contribution in [0, 0.1) is 56.2 Å². The number of allylic oxidation sites excluding steroid dienone is 1. The van der Waals surface area contributed by atoms with Crippen LogP contribution in [0.5, 0.6) is 0 Å². The Morgan fingerprint density at radius 3 is 2.15 bits per heavy atom. The number of esters is 1. The van der Waals surface area contributed by atoms with Crippen molar-refractivity contribution in [3.05, 3.63) is 11.1 Å². The quantitative estimate of drug-likeness (QED) is 0.190. The molecule has 6 rings (SSSR count). The summed E-state index contributed by atoms with van der Waals surface area (Å²) in [6, 6.07) is 0.507. The fraction of sp³-hybridized carbons (Fsp3) is 0.894. The number of likely N-dealkylation sites (N-methyl/N-ethyl adjacent to an activating group) is 1. The molecule has 0 aromatic carbocycles. The molecule has 55 heavy (non-hydrogen) atoms. The number of aliphatic carboxylic acids is 1. The van der Waals surface area contributed by atoms with Crippen LogP contribution in [-0.4, -0.2) is 89.7 Å². The van der Waals surface area contributed by atoms with E-state index in [0.717, 1.165) is 70.0 Å². The molecule has 0 aromatic heterocycles. The van der Waals surface area contributed by atoms with Crippen LogP contribution >= 0.6 is 0 Å². The summed E-state index contributed by atoms with van der Waals surface area (Å²) in [4.78, 5) is 44.1. The minimum atomic E-state index is -1.16. The van der Waals surface area contributed by atoms with Gasteiger partial charge in [-0.15, -0.1) is 0 Å². The standard InChI is InChI=1S/C47H78N2O6/c1-30(2)39-33(50)27-47(36(51)29-49(26-25-48(10)11)31-15-13-12-14-16-31)24-23-45(8)32(40(39)47)17-18-35-44(7)21-20-37(55-38(52)28-42(3,4)41(53)54)43(5,6)34(44)19-22-46(35,45)9/h30-32,34-37,51H,12-29H2,1-11H3,(H,53,54)/t32-,34+,35-,36-,37+,44+,45-,46-,47+/m1/s1. The zero-order chi connectivity index (χ0) is 40.5. The molecular weight excluding hydrogens is 689 g/mol. The zero-order valence-electron chi connectivity index (χ0n) is 36.7. The number of Topliss-reactive ketones (excluding diaryl/α,β-unsaturated/α-hetero) is 1. The zero-order valence-corrected chi connectivity index (χ0v) is 36.7. The minimum Gasteiger partial charge on any atom is -0.481 e. The Morgan fingerprint density at radius 2 is 1.53 bits per heavy atom. The molecule has 0 amide bonds. The van der Waals surface area contributed by atoms with Crippen molar-refractivity contribution in [2.45, 2.75) is 177 Å². The summed E-state index contributed by atoms with van der Waals surface area (Å²) in [5.41, 5.74) is 0.699. The number of hydrogen-bond acceptors (Lipinski definition) is 7. The number of aliphatic hydroxyl groups excluding tert-OH is 1. The molecule has 0 saturated heterocycles. The minimum absolute atomic E-state index is 0.0110. The topological polar surface area (TPSA) is 107 Å². The van der Waals surface area contributed by atoms with Crippen LogP contribution in [0.2, 0.25) is 0 Å². The molecule has 0 bridgehead atoms. The Balaban J connectivity index is 1.29. The van der Waals surface area contributed by atoms with Gasteiger partial charge >= 0.3 is 11.9 Å². The first-order valence-corrected chi connectivity index (χ1v) is 22.3. The number of rotatable bonds is 12. The Morgan fingerprint density at radius 1 is 0.855 bits per heavy atom. The molecule has 0 aliphatic heterocycles.